The predicted molar refractivity (Wildman–Crippen MR) is 71.3 cm³/mol. The van der Waals surface area contributed by atoms with Crippen LogP contribution in [0, 0.1) is 6.92 Å². The summed E-state index contributed by atoms with van der Waals surface area (Å²) in [5, 5.41) is 10.7. The van der Waals surface area contributed by atoms with Crippen LogP contribution in [0.5, 0.6) is 0 Å². The second kappa shape index (κ2) is 5.43. The van der Waals surface area contributed by atoms with Crippen molar-refractivity contribution < 1.29 is 5.11 Å². The molecule has 0 amide bonds. The van der Waals surface area contributed by atoms with Gasteiger partial charge < -0.3 is 5.11 Å². The van der Waals surface area contributed by atoms with Gasteiger partial charge in [-0.15, -0.1) is 11.3 Å². The molecule has 2 aromatic rings. The quantitative estimate of drug-likeness (QED) is 0.899. The second-order valence-corrected chi connectivity index (χ2v) is 5.33. The minimum Gasteiger partial charge on any atom is -0.388 e. The third-order valence-corrected chi connectivity index (χ3v) is 4.11. The van der Waals surface area contributed by atoms with Gasteiger partial charge in [-0.2, -0.15) is 0 Å². The van der Waals surface area contributed by atoms with Crippen LogP contribution in [-0.2, 0) is 12.8 Å². The van der Waals surface area contributed by atoms with Crippen molar-refractivity contribution in [2.75, 3.05) is 0 Å². The molecule has 0 aliphatic heterocycles. The van der Waals surface area contributed by atoms with Gasteiger partial charge in [0.1, 0.15) is 0 Å². The predicted octanol–water partition coefficient (Wildman–Crippen LogP) is 3.29. The minimum absolute atomic E-state index is 0.405. The first-order valence-corrected chi connectivity index (χ1v) is 6.66. The Balaban J connectivity index is 2.02. The van der Waals surface area contributed by atoms with E-state index < -0.39 is 6.10 Å². The summed E-state index contributed by atoms with van der Waals surface area (Å²) in [5.41, 5.74) is 2.30. The summed E-state index contributed by atoms with van der Waals surface area (Å²) in [5.74, 6) is 0. The van der Waals surface area contributed by atoms with Crippen LogP contribution >= 0.6 is 11.3 Å². The molecule has 1 aromatic carbocycles. The Labute approximate surface area is 106 Å². The van der Waals surface area contributed by atoms with Crippen LogP contribution in [0.4, 0.5) is 0 Å². The number of aliphatic hydroxyl groups excluding tert-OH is 1. The first-order valence-electron chi connectivity index (χ1n) is 5.85. The van der Waals surface area contributed by atoms with E-state index in [4.69, 9.17) is 0 Å². The summed E-state index contributed by atoms with van der Waals surface area (Å²) in [6, 6.07) is 10.4. The molecule has 0 aliphatic carbocycles. The molecule has 3 heteroatoms. The van der Waals surface area contributed by atoms with Crippen molar-refractivity contribution in [3.63, 3.8) is 0 Å². The van der Waals surface area contributed by atoms with Gasteiger partial charge in [-0.05, 0) is 25.8 Å². The lowest BCUT2D eigenvalue weighted by atomic mass is 10.1. The van der Waals surface area contributed by atoms with E-state index in [-0.39, 0.29) is 0 Å². The molecule has 0 saturated heterocycles. The van der Waals surface area contributed by atoms with Crippen LogP contribution in [0.2, 0.25) is 0 Å². The number of aliphatic hydroxyl groups is 1. The van der Waals surface area contributed by atoms with Gasteiger partial charge in [0.2, 0.25) is 0 Å². The minimum atomic E-state index is -0.405. The molecule has 2 rings (SSSR count). The molecule has 0 spiro atoms. The summed E-state index contributed by atoms with van der Waals surface area (Å²) in [7, 11) is 0. The van der Waals surface area contributed by atoms with Gasteiger partial charge in [-0.3, -0.25) is 0 Å². The number of aryl methyl sites for hydroxylation is 3. The molecule has 0 radical (unpaired) electrons. The molecule has 1 N–H and O–H groups in total. The van der Waals surface area contributed by atoms with Gasteiger partial charge in [-0.1, -0.05) is 30.3 Å². The lowest BCUT2D eigenvalue weighted by Crippen LogP contribution is -1.90. The van der Waals surface area contributed by atoms with Crippen LogP contribution in [0.25, 0.3) is 0 Å². The lowest BCUT2D eigenvalue weighted by molar-refractivity contribution is 0.202. The maximum absolute atomic E-state index is 9.57. The molecule has 1 aromatic heterocycles. The van der Waals surface area contributed by atoms with E-state index in [2.05, 4.69) is 29.2 Å². The first-order chi connectivity index (χ1) is 8.16. The Hall–Kier alpha value is -1.19. The summed E-state index contributed by atoms with van der Waals surface area (Å²) < 4.78 is 0. The molecule has 1 atom stereocenters. The highest BCUT2D eigenvalue weighted by atomic mass is 32.1. The summed E-state index contributed by atoms with van der Waals surface area (Å²) in [6.07, 6.45) is 1.55. The number of rotatable bonds is 4. The zero-order valence-corrected chi connectivity index (χ0v) is 11.0. The number of hydrogen-bond acceptors (Lipinski definition) is 3. The Bertz CT molecular complexity index is 476. The van der Waals surface area contributed by atoms with Crippen LogP contribution in [-0.4, -0.2) is 10.1 Å². The van der Waals surface area contributed by atoms with E-state index in [9.17, 15) is 5.11 Å². The van der Waals surface area contributed by atoms with Crippen LogP contribution < -0.4 is 0 Å². The Kier molecular flexibility index (Phi) is 3.92. The fourth-order valence-corrected chi connectivity index (χ4v) is 2.86. The number of aromatic nitrogens is 1. The Morgan fingerprint density at radius 1 is 1.24 bits per heavy atom. The molecule has 0 fully saturated rings. The average molecular weight is 247 g/mol. The van der Waals surface area contributed by atoms with E-state index in [1.54, 1.807) is 18.3 Å². The first kappa shape index (κ1) is 12.3. The van der Waals surface area contributed by atoms with Gasteiger partial charge in [0.15, 0.2) is 0 Å². The van der Waals surface area contributed by atoms with Crippen LogP contribution in [0.15, 0.2) is 30.3 Å². The highest BCUT2D eigenvalue weighted by Crippen LogP contribution is 2.25. The van der Waals surface area contributed by atoms with Crippen molar-refractivity contribution >= 4 is 11.3 Å². The Morgan fingerprint density at radius 3 is 2.53 bits per heavy atom. The largest absolute Gasteiger partial charge is 0.388 e. The van der Waals surface area contributed by atoms with Crippen molar-refractivity contribution in [2.45, 2.75) is 32.8 Å². The maximum Gasteiger partial charge on any atom is 0.0935 e. The fourth-order valence-electron chi connectivity index (χ4n) is 1.86. The molecular formula is C14H17NOS. The third kappa shape index (κ3) is 3.14. The molecule has 1 unspecified atom stereocenters. The van der Waals surface area contributed by atoms with Crippen molar-refractivity contribution in [1.82, 2.24) is 4.98 Å². The SMILES string of the molecule is Cc1nc(CCc2ccccc2)sc1C(C)O. The maximum atomic E-state index is 9.57. The standard InChI is InChI=1S/C14H17NOS/c1-10-14(11(2)16)17-13(15-10)9-8-12-6-4-3-5-7-12/h3-7,11,16H,8-9H2,1-2H3. The van der Waals surface area contributed by atoms with Crippen molar-refractivity contribution in [1.29, 1.82) is 0 Å². The zero-order chi connectivity index (χ0) is 12.3. The van der Waals surface area contributed by atoms with Crippen molar-refractivity contribution in [3.05, 3.63) is 51.5 Å². The van der Waals surface area contributed by atoms with Gasteiger partial charge in [-0.25, -0.2) is 4.98 Å². The van der Waals surface area contributed by atoms with E-state index >= 15 is 0 Å². The fraction of sp³-hybridized carbons (Fsp3) is 0.357. The van der Waals surface area contributed by atoms with Gasteiger partial charge in [0.05, 0.1) is 21.7 Å². The number of thiazole rings is 1. The number of nitrogens with zero attached hydrogens (tertiary/aromatic N) is 1. The Morgan fingerprint density at radius 2 is 1.94 bits per heavy atom. The van der Waals surface area contributed by atoms with E-state index in [0.717, 1.165) is 28.4 Å². The molecule has 2 nitrogen and oxygen atoms in total. The summed E-state index contributed by atoms with van der Waals surface area (Å²) in [6.45, 7) is 3.76. The van der Waals surface area contributed by atoms with Gasteiger partial charge >= 0.3 is 0 Å². The smallest absolute Gasteiger partial charge is 0.0935 e. The molecule has 0 bridgehead atoms. The molecule has 1 heterocycles. The van der Waals surface area contributed by atoms with Gasteiger partial charge in [0.25, 0.3) is 0 Å². The number of benzene rings is 1. The van der Waals surface area contributed by atoms with Crippen molar-refractivity contribution in [2.24, 2.45) is 0 Å². The van der Waals surface area contributed by atoms with E-state index in [0.29, 0.717) is 0 Å². The van der Waals surface area contributed by atoms with Gasteiger partial charge in [0, 0.05) is 6.42 Å². The highest BCUT2D eigenvalue weighted by molar-refractivity contribution is 7.11. The molecule has 0 aliphatic rings. The third-order valence-electron chi connectivity index (χ3n) is 2.73. The van der Waals surface area contributed by atoms with Crippen molar-refractivity contribution in [3.8, 4) is 0 Å². The molecule has 0 saturated carbocycles. The zero-order valence-electron chi connectivity index (χ0n) is 10.2. The molecule has 90 valence electrons. The topological polar surface area (TPSA) is 33.1 Å². The average Bonchev–Trinajstić information content (AvgIpc) is 2.69. The normalized spacial score (nSPS) is 12.6. The molecule has 17 heavy (non-hydrogen) atoms. The summed E-state index contributed by atoms with van der Waals surface area (Å²) in [4.78, 5) is 5.50. The number of hydrogen-bond donors (Lipinski definition) is 1. The second-order valence-electron chi connectivity index (χ2n) is 4.22. The van der Waals surface area contributed by atoms with E-state index in [1.807, 2.05) is 13.0 Å². The van der Waals surface area contributed by atoms with E-state index in [1.165, 1.54) is 5.56 Å². The van der Waals surface area contributed by atoms with Crippen LogP contribution in [0.1, 0.15) is 34.2 Å². The van der Waals surface area contributed by atoms with Crippen LogP contribution in [0.3, 0.4) is 0 Å². The highest BCUT2D eigenvalue weighted by Gasteiger charge is 2.11. The summed E-state index contributed by atoms with van der Waals surface area (Å²) >= 11 is 1.63. The lowest BCUT2D eigenvalue weighted by Gasteiger charge is -1.99. The monoisotopic (exact) mass is 247 g/mol. The molecular weight excluding hydrogens is 230 g/mol.